The van der Waals surface area contributed by atoms with Crippen LogP contribution >= 0.6 is 7.82 Å². The van der Waals surface area contributed by atoms with Crippen molar-refractivity contribution in [1.82, 2.24) is 0 Å². The Morgan fingerprint density at radius 2 is 1.24 bits per heavy atom. The lowest BCUT2D eigenvalue weighted by molar-refractivity contribution is -0.870. The van der Waals surface area contributed by atoms with Crippen molar-refractivity contribution in [3.63, 3.8) is 0 Å². The van der Waals surface area contributed by atoms with E-state index in [2.05, 4.69) is 0 Å². The number of nitrogens with zero attached hydrogens (tertiary/aromatic N) is 1. The van der Waals surface area contributed by atoms with Crippen LogP contribution in [0.1, 0.15) is 80.6 Å². The first-order valence-electron chi connectivity index (χ1n) is 14.8. The van der Waals surface area contributed by atoms with Crippen molar-refractivity contribution in [2.75, 3.05) is 73.9 Å². The molecule has 0 aromatic rings. The summed E-state index contributed by atoms with van der Waals surface area (Å²) < 4.78 is 44.3. The number of hydrogen-bond donors (Lipinski definition) is 1. The average molecular weight is 627 g/mol. The van der Waals surface area contributed by atoms with E-state index in [0.29, 0.717) is 24.1 Å². The lowest BCUT2D eigenvalue weighted by Gasteiger charge is -2.39. The minimum absolute atomic E-state index is 0.0206. The first-order valence-corrected chi connectivity index (χ1v) is 16.3. The van der Waals surface area contributed by atoms with Gasteiger partial charge in [-0.15, -0.1) is 0 Å². The van der Waals surface area contributed by atoms with Crippen molar-refractivity contribution in [2.24, 2.45) is 16.2 Å². The Labute approximate surface area is 252 Å². The predicted molar refractivity (Wildman–Crippen MR) is 158 cm³/mol. The quantitative estimate of drug-likeness (QED) is 0.0562. The fourth-order valence-electron chi connectivity index (χ4n) is 4.40. The molecule has 0 heterocycles. The molecule has 0 aromatic carbocycles. The fourth-order valence-corrected chi connectivity index (χ4v) is 5.09. The average Bonchev–Trinajstić information content (AvgIpc) is 2.87. The summed E-state index contributed by atoms with van der Waals surface area (Å²) in [5.41, 5.74) is -3.43. The summed E-state index contributed by atoms with van der Waals surface area (Å²) in [7, 11) is 1.45. The van der Waals surface area contributed by atoms with Crippen molar-refractivity contribution in [3.8, 4) is 0 Å². The number of phosphoric ester groups is 1. The Hall–Kier alpha value is -1.56. The maximum Gasteiger partial charge on any atom is 0.472 e. The Bertz CT molecular complexity index is 889. The largest absolute Gasteiger partial charge is 0.472 e. The van der Waals surface area contributed by atoms with Crippen molar-refractivity contribution >= 4 is 25.7 Å². The lowest BCUT2D eigenvalue weighted by Crippen LogP contribution is -2.44. The second-order valence-corrected chi connectivity index (χ2v) is 14.3. The first-order chi connectivity index (χ1) is 19.3. The van der Waals surface area contributed by atoms with Gasteiger partial charge in [-0.3, -0.25) is 23.4 Å². The van der Waals surface area contributed by atoms with Crippen molar-refractivity contribution in [1.29, 1.82) is 0 Å². The molecule has 1 N–H and O–H groups in total. The molecule has 0 aliphatic rings. The van der Waals surface area contributed by atoms with E-state index in [-0.39, 0.29) is 52.5 Å². The van der Waals surface area contributed by atoms with Crippen molar-refractivity contribution in [2.45, 2.75) is 80.6 Å². The van der Waals surface area contributed by atoms with E-state index >= 15 is 0 Å². The van der Waals surface area contributed by atoms with Crippen LogP contribution in [0.2, 0.25) is 0 Å². The van der Waals surface area contributed by atoms with Gasteiger partial charge in [0.2, 0.25) is 0 Å². The third-order valence-electron chi connectivity index (χ3n) is 6.91. The maximum atomic E-state index is 13.4. The Kier molecular flexibility index (Phi) is 17.6. The minimum Gasteiger partial charge on any atom is -0.465 e. The monoisotopic (exact) mass is 626 g/mol. The van der Waals surface area contributed by atoms with E-state index in [9.17, 15) is 23.8 Å². The van der Waals surface area contributed by atoms with Gasteiger partial charge in [-0.25, -0.2) is 4.57 Å². The van der Waals surface area contributed by atoms with E-state index in [1.165, 1.54) is 0 Å². The summed E-state index contributed by atoms with van der Waals surface area (Å²) in [6.45, 7) is 13.3. The van der Waals surface area contributed by atoms with Crippen LogP contribution in [0.4, 0.5) is 0 Å². The van der Waals surface area contributed by atoms with Gasteiger partial charge in [0.25, 0.3) is 0 Å². The molecule has 0 fully saturated rings. The highest BCUT2D eigenvalue weighted by atomic mass is 31.2. The third kappa shape index (κ3) is 15.8. The summed E-state index contributed by atoms with van der Waals surface area (Å²) in [4.78, 5) is 49.5. The lowest BCUT2D eigenvalue weighted by atomic mass is 9.65. The van der Waals surface area contributed by atoms with Crippen LogP contribution in [-0.2, 0) is 46.9 Å². The summed E-state index contributed by atoms with van der Waals surface area (Å²) in [6.07, 6.45) is 2.03. The molecule has 13 heteroatoms. The van der Waals surface area contributed by atoms with Gasteiger partial charge in [0.15, 0.2) is 0 Å². The smallest absolute Gasteiger partial charge is 0.465 e. The Morgan fingerprint density at radius 3 is 1.76 bits per heavy atom. The second kappa shape index (κ2) is 18.3. The zero-order valence-electron chi connectivity index (χ0n) is 27.6. The standard InChI is InChI=1S/C29H56NO11P/c1-11-14-16-37-24(31)27(4,5)22-29(7,26(33)38-19-18-36-13-3)23-28(6,12-2)25(32)39-20-21-41-42(34,35)40-17-15-30(8,9)10/h11-23H2,1-10H3/p+1. The molecule has 3 atom stereocenters. The molecule has 0 saturated carbocycles. The van der Waals surface area contributed by atoms with Gasteiger partial charge in [-0.2, -0.15) is 0 Å². The van der Waals surface area contributed by atoms with Crippen LogP contribution in [0, 0.1) is 16.2 Å². The number of carbonyl (C=O) groups excluding carboxylic acids is 3. The number of rotatable bonds is 23. The number of unbranched alkanes of at least 4 members (excludes halogenated alkanes) is 1. The minimum atomic E-state index is -4.31. The number of esters is 3. The van der Waals surface area contributed by atoms with E-state index in [1.54, 1.807) is 34.6 Å². The molecule has 248 valence electrons. The first kappa shape index (κ1) is 40.4. The topological polar surface area (TPSA) is 144 Å². The van der Waals surface area contributed by atoms with Crippen LogP contribution < -0.4 is 0 Å². The molecular weight excluding hydrogens is 569 g/mol. The highest BCUT2D eigenvalue weighted by Gasteiger charge is 2.50. The zero-order valence-corrected chi connectivity index (χ0v) is 28.5. The second-order valence-electron chi connectivity index (χ2n) is 12.8. The summed E-state index contributed by atoms with van der Waals surface area (Å²) in [6, 6.07) is 0. The molecule has 0 aliphatic carbocycles. The maximum absolute atomic E-state index is 13.4. The van der Waals surface area contributed by atoms with Gasteiger partial charge in [0, 0.05) is 6.61 Å². The molecule has 0 bridgehead atoms. The normalized spacial score (nSPS) is 16.5. The van der Waals surface area contributed by atoms with E-state index in [0.717, 1.165) is 12.8 Å². The van der Waals surface area contributed by atoms with Crippen LogP contribution in [0.25, 0.3) is 0 Å². The molecule has 3 unspecified atom stereocenters. The van der Waals surface area contributed by atoms with Gasteiger partial charge in [-0.05, 0) is 60.3 Å². The highest BCUT2D eigenvalue weighted by molar-refractivity contribution is 7.47. The van der Waals surface area contributed by atoms with E-state index < -0.39 is 42.0 Å². The summed E-state index contributed by atoms with van der Waals surface area (Å²) >= 11 is 0. The summed E-state index contributed by atoms with van der Waals surface area (Å²) in [5, 5.41) is 0. The molecule has 12 nitrogen and oxygen atoms in total. The molecule has 42 heavy (non-hydrogen) atoms. The molecule has 0 amide bonds. The van der Waals surface area contributed by atoms with Gasteiger partial charge in [0.1, 0.15) is 26.4 Å². The number of hydrogen-bond acceptors (Lipinski definition) is 10. The number of ether oxygens (including phenoxy) is 4. The van der Waals surface area contributed by atoms with Crippen LogP contribution in [0.5, 0.6) is 0 Å². The highest BCUT2D eigenvalue weighted by Crippen LogP contribution is 2.46. The van der Waals surface area contributed by atoms with Crippen LogP contribution in [-0.4, -0.2) is 101 Å². The molecular formula is C29H57NO11P+. The molecule has 0 spiro atoms. The van der Waals surface area contributed by atoms with Crippen LogP contribution in [0.3, 0.4) is 0 Å². The van der Waals surface area contributed by atoms with Gasteiger partial charge < -0.3 is 28.3 Å². The van der Waals surface area contributed by atoms with E-state index in [4.69, 9.17) is 28.0 Å². The molecule has 0 aromatic heterocycles. The van der Waals surface area contributed by atoms with Crippen molar-refractivity contribution < 1.29 is 56.3 Å². The Morgan fingerprint density at radius 1 is 0.714 bits per heavy atom. The molecule has 0 aliphatic heterocycles. The van der Waals surface area contributed by atoms with Gasteiger partial charge in [-0.1, -0.05) is 20.3 Å². The van der Waals surface area contributed by atoms with Gasteiger partial charge in [0.05, 0.1) is 57.2 Å². The SMILES string of the molecule is CCCCOC(=O)C(C)(C)CC(C)(CC(C)(CC)C(=O)OCCOP(=O)(O)OCC[N+](C)(C)C)C(=O)OCCOCC. The summed E-state index contributed by atoms with van der Waals surface area (Å²) in [5.74, 6) is -1.59. The molecule has 0 saturated heterocycles. The van der Waals surface area contributed by atoms with Crippen LogP contribution in [0.15, 0.2) is 0 Å². The van der Waals surface area contributed by atoms with Crippen molar-refractivity contribution in [3.05, 3.63) is 0 Å². The zero-order chi connectivity index (χ0) is 32.7. The number of quaternary nitrogens is 1. The number of likely N-dealkylation sites (N-methyl/N-ethyl adjacent to an activating group) is 1. The van der Waals surface area contributed by atoms with Gasteiger partial charge >= 0.3 is 25.7 Å². The fraction of sp³-hybridized carbons (Fsp3) is 0.897. The molecule has 0 rings (SSSR count). The van der Waals surface area contributed by atoms with E-state index in [1.807, 2.05) is 35.0 Å². The third-order valence-corrected chi connectivity index (χ3v) is 7.93. The molecule has 0 radical (unpaired) electrons. The Balaban J connectivity index is 5.55. The number of carbonyl (C=O) groups is 3. The predicted octanol–water partition coefficient (Wildman–Crippen LogP) is 4.52. The number of phosphoric acid groups is 1.